The fourth-order valence-corrected chi connectivity index (χ4v) is 8.85. The predicted octanol–water partition coefficient (Wildman–Crippen LogP) is 13.3. The van der Waals surface area contributed by atoms with E-state index < -0.39 is 0 Å². The average molecular weight is 824 g/mol. The molecule has 308 valence electrons. The molecule has 2 aromatic heterocycles. The summed E-state index contributed by atoms with van der Waals surface area (Å²) in [6.07, 6.45) is 5.95. The number of nitrogens with one attached hydrogen (secondary N) is 1. The molecule has 6 aromatic rings. The van der Waals surface area contributed by atoms with Crippen molar-refractivity contribution < 1.29 is 9.47 Å². The molecule has 0 unspecified atom stereocenters. The Bertz CT molecular complexity index is 2170. The molecule has 0 saturated heterocycles. The molecule has 0 spiro atoms. The van der Waals surface area contributed by atoms with E-state index >= 15 is 0 Å². The Balaban J connectivity index is 1.46. The minimum Gasteiger partial charge on any atom is -0.488 e. The molecule has 0 atom stereocenters. The van der Waals surface area contributed by atoms with Crippen LogP contribution in [0.4, 0.5) is 0 Å². The van der Waals surface area contributed by atoms with Gasteiger partial charge in [-0.15, -0.1) is 23.5 Å². The molecule has 0 bridgehead atoms. The van der Waals surface area contributed by atoms with Gasteiger partial charge in [-0.2, -0.15) is 0 Å². The van der Waals surface area contributed by atoms with Gasteiger partial charge in [0.15, 0.2) is 0 Å². The van der Waals surface area contributed by atoms with Crippen molar-refractivity contribution in [2.75, 3.05) is 12.5 Å². The maximum absolute atomic E-state index is 6.65. The van der Waals surface area contributed by atoms with Crippen LogP contribution in [0, 0.1) is 39.5 Å². The van der Waals surface area contributed by atoms with E-state index in [-0.39, 0.29) is 0 Å². The van der Waals surface area contributed by atoms with Crippen molar-refractivity contribution in [2.45, 2.75) is 104 Å². The topological polar surface area (TPSA) is 56.3 Å². The fourth-order valence-electron chi connectivity index (χ4n) is 7.76. The summed E-state index contributed by atoms with van der Waals surface area (Å²) in [5.74, 6) is 2.66. The van der Waals surface area contributed by atoms with Gasteiger partial charge in [0.25, 0.3) is 0 Å². The molecular weight excluding hydrogens is 763 g/mol. The van der Waals surface area contributed by atoms with E-state index in [4.69, 9.17) is 19.4 Å². The summed E-state index contributed by atoms with van der Waals surface area (Å²) in [5.41, 5.74) is 16.3. The molecule has 0 radical (unpaired) electrons. The van der Waals surface area contributed by atoms with Crippen molar-refractivity contribution in [1.29, 1.82) is 0 Å². The second kappa shape index (κ2) is 20.6. The van der Waals surface area contributed by atoms with E-state index in [1.54, 1.807) is 23.5 Å². The third kappa shape index (κ3) is 11.0. The van der Waals surface area contributed by atoms with Crippen molar-refractivity contribution in [3.63, 3.8) is 0 Å². The van der Waals surface area contributed by atoms with E-state index in [0.29, 0.717) is 38.1 Å². The highest BCUT2D eigenvalue weighted by Gasteiger charge is 2.24. The number of rotatable bonds is 18. The zero-order valence-corrected chi connectivity index (χ0v) is 38.3. The third-order valence-electron chi connectivity index (χ3n) is 10.8. The lowest BCUT2D eigenvalue weighted by Crippen LogP contribution is -2.21. The average Bonchev–Trinajstić information content (AvgIpc) is 3.21. The Morgan fingerprint density at radius 3 is 1.24 bits per heavy atom. The minimum absolute atomic E-state index is 0.426. The summed E-state index contributed by atoms with van der Waals surface area (Å²) < 4.78 is 13.3. The first-order chi connectivity index (χ1) is 28.5. The van der Waals surface area contributed by atoms with Crippen molar-refractivity contribution in [1.82, 2.24) is 15.3 Å². The van der Waals surface area contributed by atoms with Crippen LogP contribution in [0.1, 0.15) is 83.9 Å². The van der Waals surface area contributed by atoms with Crippen molar-refractivity contribution in [2.24, 2.45) is 11.8 Å². The smallest absolute Gasteiger partial charge is 0.133 e. The van der Waals surface area contributed by atoms with Crippen LogP contribution in [0.15, 0.2) is 107 Å². The molecule has 7 heteroatoms. The van der Waals surface area contributed by atoms with E-state index in [1.165, 1.54) is 44.5 Å². The molecule has 59 heavy (non-hydrogen) atoms. The normalized spacial score (nSPS) is 11.5. The number of hydrogen-bond acceptors (Lipinski definition) is 7. The summed E-state index contributed by atoms with van der Waals surface area (Å²) in [7, 11) is 0. The van der Waals surface area contributed by atoms with Crippen molar-refractivity contribution >= 4 is 23.5 Å². The van der Waals surface area contributed by atoms with Crippen LogP contribution in [0.25, 0.3) is 22.3 Å². The zero-order valence-electron chi connectivity index (χ0n) is 36.7. The van der Waals surface area contributed by atoms with Crippen LogP contribution >= 0.6 is 23.5 Å². The molecule has 4 aromatic carbocycles. The summed E-state index contributed by atoms with van der Waals surface area (Å²) in [5, 5.41) is 4.00. The molecule has 2 heterocycles. The van der Waals surface area contributed by atoms with Crippen LogP contribution in [0.5, 0.6) is 11.5 Å². The van der Waals surface area contributed by atoms with Gasteiger partial charge in [0.05, 0.1) is 0 Å². The second-order valence-electron chi connectivity index (χ2n) is 16.4. The Morgan fingerprint density at radius 2 is 0.881 bits per heavy atom. The highest BCUT2D eigenvalue weighted by molar-refractivity contribution is 7.99. The first-order valence-corrected chi connectivity index (χ1v) is 23.3. The number of thioether (sulfide) groups is 2. The highest BCUT2D eigenvalue weighted by atomic mass is 32.2. The summed E-state index contributed by atoms with van der Waals surface area (Å²) in [4.78, 5) is 13.0. The molecule has 1 N–H and O–H groups in total. The van der Waals surface area contributed by atoms with Gasteiger partial charge in [-0.05, 0) is 123 Å². The van der Waals surface area contributed by atoms with Gasteiger partial charge in [0.1, 0.15) is 24.7 Å². The number of aryl methyl sites for hydroxylation is 4. The molecule has 6 rings (SSSR count). The molecule has 0 aliphatic rings. The van der Waals surface area contributed by atoms with Gasteiger partial charge in [-0.1, -0.05) is 112 Å². The molecule has 0 amide bonds. The number of nitrogens with zero attached hydrogens (tertiary/aromatic N) is 2. The lowest BCUT2D eigenvalue weighted by molar-refractivity contribution is 0.298. The van der Waals surface area contributed by atoms with E-state index in [1.807, 2.05) is 12.1 Å². The number of hydrogen-bond donors (Lipinski definition) is 1. The number of pyridine rings is 2. The number of benzene rings is 4. The largest absolute Gasteiger partial charge is 0.488 e. The fraction of sp³-hybridized carbons (Fsp3) is 0.346. The first-order valence-electron chi connectivity index (χ1n) is 20.9. The SMILES string of the molecule is CSc1ccccc1OCc1c(C)nc(CC(C)C)c(CNCc2c(CC(C)C)nc(C)c(COc3ccccc3SC)c2-c2ccc(C)cc2)c1-c1ccc(C)cc1. The monoisotopic (exact) mass is 823 g/mol. The van der Waals surface area contributed by atoms with Crippen LogP contribution in [-0.2, 0) is 39.1 Å². The van der Waals surface area contributed by atoms with Crippen LogP contribution in [-0.4, -0.2) is 22.5 Å². The van der Waals surface area contributed by atoms with E-state index in [0.717, 1.165) is 68.0 Å². The van der Waals surface area contributed by atoms with Gasteiger partial charge < -0.3 is 14.8 Å². The Hall–Kier alpha value is -4.56. The maximum Gasteiger partial charge on any atom is 0.133 e. The standard InChI is InChI=1S/C52H61N3O2S2/c1-33(2)27-45-41(51(39-23-19-35(5)20-24-39)43(37(7)54-45)31-56-47-15-11-13-17-49(47)58-9)29-53-30-42-46(28-34(3)4)55-38(8)44(52(42)40-25-21-36(6)22-26-40)32-57-48-16-12-14-18-50(48)59-10/h11-26,33-34,53H,27-32H2,1-10H3. The van der Waals surface area contributed by atoms with Crippen LogP contribution < -0.4 is 14.8 Å². The molecular formula is C52H61N3O2S2. The third-order valence-corrected chi connectivity index (χ3v) is 12.3. The summed E-state index contributed by atoms with van der Waals surface area (Å²) in [6.45, 7) is 19.8. The quantitative estimate of drug-likeness (QED) is 0.0867. The second-order valence-corrected chi connectivity index (χ2v) is 18.1. The van der Waals surface area contributed by atoms with Crippen molar-refractivity contribution in [3.8, 4) is 33.8 Å². The molecule has 0 aliphatic heterocycles. The first kappa shape index (κ1) is 44.0. The van der Waals surface area contributed by atoms with Gasteiger partial charge in [0.2, 0.25) is 0 Å². The van der Waals surface area contributed by atoms with E-state index in [9.17, 15) is 0 Å². The molecule has 0 aliphatic carbocycles. The van der Waals surface area contributed by atoms with Gasteiger partial charge in [0, 0.05) is 56.8 Å². The Kier molecular flexibility index (Phi) is 15.4. The van der Waals surface area contributed by atoms with Gasteiger partial charge >= 0.3 is 0 Å². The van der Waals surface area contributed by atoms with Crippen molar-refractivity contribution in [3.05, 3.63) is 153 Å². The Labute approximate surface area is 362 Å². The predicted molar refractivity (Wildman–Crippen MR) is 251 cm³/mol. The highest BCUT2D eigenvalue weighted by Crippen LogP contribution is 2.38. The zero-order chi connectivity index (χ0) is 42.1. The summed E-state index contributed by atoms with van der Waals surface area (Å²) >= 11 is 3.41. The summed E-state index contributed by atoms with van der Waals surface area (Å²) in [6, 6.07) is 34.4. The molecule has 5 nitrogen and oxygen atoms in total. The number of ether oxygens (including phenoxy) is 2. The molecule has 0 saturated carbocycles. The van der Waals surface area contributed by atoms with E-state index in [2.05, 4.69) is 158 Å². The van der Waals surface area contributed by atoms with Gasteiger partial charge in [-0.25, -0.2) is 0 Å². The Morgan fingerprint density at radius 1 is 0.508 bits per heavy atom. The lowest BCUT2D eigenvalue weighted by Gasteiger charge is -2.25. The van der Waals surface area contributed by atoms with Crippen LogP contribution in [0.2, 0.25) is 0 Å². The minimum atomic E-state index is 0.426. The molecule has 0 fully saturated rings. The maximum atomic E-state index is 6.65. The van der Waals surface area contributed by atoms with Crippen LogP contribution in [0.3, 0.4) is 0 Å². The van der Waals surface area contributed by atoms with Gasteiger partial charge in [-0.3, -0.25) is 9.97 Å². The lowest BCUT2D eigenvalue weighted by atomic mass is 9.89. The number of aromatic nitrogens is 2. The number of para-hydroxylation sites is 2.